The number of hydrogen-bond acceptors (Lipinski definition) is 7. The van der Waals surface area contributed by atoms with Gasteiger partial charge in [0.2, 0.25) is 12.7 Å². The molecule has 0 bridgehead atoms. The van der Waals surface area contributed by atoms with Gasteiger partial charge in [-0.2, -0.15) is 0 Å². The van der Waals surface area contributed by atoms with Crippen molar-refractivity contribution in [2.75, 3.05) is 24.0 Å². The fourth-order valence-corrected chi connectivity index (χ4v) is 3.77. The second-order valence-corrected chi connectivity index (χ2v) is 7.52. The summed E-state index contributed by atoms with van der Waals surface area (Å²) in [5, 5.41) is 5.75. The zero-order valence-electron chi connectivity index (χ0n) is 17.3. The quantitative estimate of drug-likeness (QED) is 0.568. The molecule has 2 aliphatic rings. The highest BCUT2D eigenvalue weighted by Gasteiger charge is 2.24. The van der Waals surface area contributed by atoms with Gasteiger partial charge in [0.25, 0.3) is 0 Å². The number of Topliss-reactive ketones (excluding diaryl/α,β-unsaturated/α-hetero) is 1. The molecule has 2 aromatic carbocycles. The number of anilines is 2. The molecule has 1 aromatic heterocycles. The summed E-state index contributed by atoms with van der Waals surface area (Å²) in [6.45, 7) is 0.895. The predicted octanol–water partition coefficient (Wildman–Crippen LogP) is 3.85. The zero-order valence-corrected chi connectivity index (χ0v) is 17.3. The van der Waals surface area contributed by atoms with Crippen molar-refractivity contribution in [1.29, 1.82) is 0 Å². The van der Waals surface area contributed by atoms with Crippen molar-refractivity contribution < 1.29 is 23.8 Å². The van der Waals surface area contributed by atoms with Gasteiger partial charge in [0.1, 0.15) is 5.82 Å². The van der Waals surface area contributed by atoms with Crippen LogP contribution in [-0.2, 0) is 13.0 Å². The first-order valence-electron chi connectivity index (χ1n) is 10.5. The smallest absolute Gasteiger partial charge is 0.418 e. The summed E-state index contributed by atoms with van der Waals surface area (Å²) in [5.74, 6) is 2.63. The molecule has 9 heteroatoms. The van der Waals surface area contributed by atoms with Gasteiger partial charge < -0.3 is 19.5 Å². The number of nitrogens with one attached hydrogen (secondary N) is 2. The van der Waals surface area contributed by atoms with Crippen LogP contribution in [0.15, 0.2) is 48.5 Å². The Kier molecular flexibility index (Phi) is 5.37. The highest BCUT2D eigenvalue weighted by molar-refractivity contribution is 5.99. The van der Waals surface area contributed by atoms with Crippen LogP contribution in [0.2, 0.25) is 0 Å². The molecule has 0 unspecified atom stereocenters. The van der Waals surface area contributed by atoms with Crippen LogP contribution >= 0.6 is 0 Å². The van der Waals surface area contributed by atoms with E-state index in [0.29, 0.717) is 41.0 Å². The minimum absolute atomic E-state index is 0.0423. The summed E-state index contributed by atoms with van der Waals surface area (Å²) in [7, 11) is 0. The van der Waals surface area contributed by atoms with E-state index in [2.05, 4.69) is 15.6 Å². The first kappa shape index (κ1) is 19.9. The Morgan fingerprint density at radius 2 is 1.91 bits per heavy atom. The maximum atomic E-state index is 12.6. The molecule has 0 fully saturated rings. The monoisotopic (exact) mass is 434 g/mol. The van der Waals surface area contributed by atoms with Crippen molar-refractivity contribution in [2.45, 2.75) is 25.8 Å². The van der Waals surface area contributed by atoms with Crippen LogP contribution < -0.4 is 24.8 Å². The number of fused-ring (bicyclic) bond motifs is 2. The van der Waals surface area contributed by atoms with Gasteiger partial charge in [-0.1, -0.05) is 30.3 Å². The number of aromatic nitrogens is 2. The lowest BCUT2D eigenvalue weighted by Crippen LogP contribution is -2.21. The third-order valence-corrected chi connectivity index (χ3v) is 5.35. The highest BCUT2D eigenvalue weighted by atomic mass is 16.7. The minimum atomic E-state index is -0.658. The number of ketones is 1. The number of carbonyl (C=O) groups excluding carboxylic acids is 2. The van der Waals surface area contributed by atoms with Gasteiger partial charge in [-0.3, -0.25) is 14.7 Å². The molecule has 0 saturated carbocycles. The van der Waals surface area contributed by atoms with Crippen molar-refractivity contribution >= 4 is 23.4 Å². The average molecular weight is 434 g/mol. The topological polar surface area (TPSA) is 104 Å². The lowest BCUT2D eigenvalue weighted by molar-refractivity contribution is 0.101. The first-order chi connectivity index (χ1) is 15.7. The van der Waals surface area contributed by atoms with E-state index in [0.717, 1.165) is 25.1 Å². The Labute approximate surface area is 184 Å². The molecule has 0 radical (unpaired) electrons. The Balaban J connectivity index is 1.31. The lowest BCUT2D eigenvalue weighted by atomic mass is 10.1. The number of imidazole rings is 1. The number of benzene rings is 2. The SMILES string of the molecule is O=C(Nc1ccc2c(c1)OCO2)Oc1c(NCC(=O)c2ccccc2)nc2n1CCCC2. The maximum Gasteiger partial charge on any atom is 0.418 e. The molecular weight excluding hydrogens is 412 g/mol. The average Bonchev–Trinajstić information content (AvgIpc) is 3.42. The van der Waals surface area contributed by atoms with Crippen LogP contribution in [0.4, 0.5) is 16.3 Å². The van der Waals surface area contributed by atoms with E-state index in [1.807, 2.05) is 22.8 Å². The Hall–Kier alpha value is -4.01. The molecule has 1 amide bonds. The molecule has 0 aliphatic carbocycles. The van der Waals surface area contributed by atoms with Crippen molar-refractivity contribution in [3.8, 4) is 17.4 Å². The molecule has 0 saturated heterocycles. The summed E-state index contributed by atoms with van der Waals surface area (Å²) >= 11 is 0. The van der Waals surface area contributed by atoms with Crippen LogP contribution in [0.1, 0.15) is 29.0 Å². The molecule has 2 aliphatic heterocycles. The molecule has 5 rings (SSSR count). The van der Waals surface area contributed by atoms with Gasteiger partial charge in [0, 0.05) is 30.3 Å². The molecule has 3 heterocycles. The number of ether oxygens (including phenoxy) is 3. The number of rotatable bonds is 6. The number of aryl methyl sites for hydroxylation is 1. The Bertz CT molecular complexity index is 1160. The standard InChI is InChI=1S/C23H22N4O5/c28-17(15-6-2-1-3-7-15)13-24-21-22(27-11-5-4-8-20(27)26-21)32-23(29)25-16-9-10-18-19(12-16)31-14-30-18/h1-3,6-7,9-10,12,24H,4-5,8,11,13-14H2,(H,25,29). The molecular formula is C23H22N4O5. The largest absolute Gasteiger partial charge is 0.454 e. The highest BCUT2D eigenvalue weighted by Crippen LogP contribution is 2.35. The second kappa shape index (κ2) is 8.62. The second-order valence-electron chi connectivity index (χ2n) is 7.52. The predicted molar refractivity (Wildman–Crippen MR) is 117 cm³/mol. The minimum Gasteiger partial charge on any atom is -0.454 e. The summed E-state index contributed by atoms with van der Waals surface area (Å²) in [6.07, 6.45) is 2.11. The third-order valence-electron chi connectivity index (χ3n) is 5.35. The molecule has 9 nitrogen and oxygen atoms in total. The summed E-state index contributed by atoms with van der Waals surface area (Å²) < 4.78 is 18.2. The van der Waals surface area contributed by atoms with Crippen LogP contribution in [0.5, 0.6) is 17.4 Å². The van der Waals surface area contributed by atoms with Gasteiger partial charge in [0.15, 0.2) is 23.1 Å². The number of amides is 1. The Morgan fingerprint density at radius 3 is 2.78 bits per heavy atom. The van der Waals surface area contributed by atoms with Gasteiger partial charge in [-0.15, -0.1) is 0 Å². The van der Waals surface area contributed by atoms with E-state index >= 15 is 0 Å². The van der Waals surface area contributed by atoms with E-state index in [1.165, 1.54) is 0 Å². The van der Waals surface area contributed by atoms with E-state index in [4.69, 9.17) is 14.2 Å². The van der Waals surface area contributed by atoms with E-state index in [9.17, 15) is 9.59 Å². The van der Waals surface area contributed by atoms with E-state index in [1.54, 1.807) is 30.3 Å². The number of nitrogens with zero attached hydrogens (tertiary/aromatic N) is 2. The number of hydrogen-bond donors (Lipinski definition) is 2. The fourth-order valence-electron chi connectivity index (χ4n) is 3.77. The molecule has 32 heavy (non-hydrogen) atoms. The summed E-state index contributed by atoms with van der Waals surface area (Å²) in [4.78, 5) is 29.7. The van der Waals surface area contributed by atoms with Gasteiger partial charge in [-0.05, 0) is 25.0 Å². The summed E-state index contributed by atoms with van der Waals surface area (Å²) in [6, 6.07) is 14.1. The third kappa shape index (κ3) is 4.09. The van der Waals surface area contributed by atoms with Crippen LogP contribution in [0, 0.1) is 0 Å². The number of carbonyl (C=O) groups is 2. The molecule has 2 N–H and O–H groups in total. The zero-order chi connectivity index (χ0) is 21.9. The van der Waals surface area contributed by atoms with Gasteiger partial charge in [-0.25, -0.2) is 9.78 Å². The first-order valence-corrected chi connectivity index (χ1v) is 10.5. The van der Waals surface area contributed by atoms with Crippen LogP contribution in [0.3, 0.4) is 0 Å². The molecule has 0 spiro atoms. The molecule has 0 atom stereocenters. The Morgan fingerprint density at radius 1 is 1.06 bits per heavy atom. The van der Waals surface area contributed by atoms with Crippen molar-refractivity contribution in [1.82, 2.24) is 9.55 Å². The van der Waals surface area contributed by atoms with Crippen molar-refractivity contribution in [3.05, 3.63) is 59.9 Å². The maximum absolute atomic E-state index is 12.6. The summed E-state index contributed by atoms with van der Waals surface area (Å²) in [5.41, 5.74) is 1.12. The van der Waals surface area contributed by atoms with Crippen molar-refractivity contribution in [3.63, 3.8) is 0 Å². The van der Waals surface area contributed by atoms with Crippen LogP contribution in [0.25, 0.3) is 0 Å². The lowest BCUT2D eigenvalue weighted by Gasteiger charge is -2.16. The van der Waals surface area contributed by atoms with E-state index < -0.39 is 6.09 Å². The molecule has 3 aromatic rings. The van der Waals surface area contributed by atoms with E-state index in [-0.39, 0.29) is 19.1 Å². The van der Waals surface area contributed by atoms with Gasteiger partial charge in [0.05, 0.1) is 6.54 Å². The fraction of sp³-hybridized carbons (Fsp3) is 0.261. The molecule has 164 valence electrons. The van der Waals surface area contributed by atoms with Gasteiger partial charge >= 0.3 is 6.09 Å². The van der Waals surface area contributed by atoms with Crippen LogP contribution in [-0.4, -0.2) is 34.8 Å². The van der Waals surface area contributed by atoms with Crippen molar-refractivity contribution in [2.24, 2.45) is 0 Å². The normalized spacial score (nSPS) is 13.9.